The number of halogens is 1. The maximum absolute atomic E-state index is 13.0. The zero-order valence-corrected chi connectivity index (χ0v) is 11.9. The molecule has 0 radical (unpaired) electrons. The first-order chi connectivity index (χ1) is 9.51. The number of hydrogen-bond donors (Lipinski definition) is 2. The van der Waals surface area contributed by atoms with Gasteiger partial charge in [-0.1, -0.05) is 19.1 Å². The van der Waals surface area contributed by atoms with Crippen LogP contribution < -0.4 is 5.32 Å². The van der Waals surface area contributed by atoms with Crippen LogP contribution in [0.25, 0.3) is 0 Å². The molecule has 20 heavy (non-hydrogen) atoms. The van der Waals surface area contributed by atoms with Crippen LogP contribution in [0.2, 0.25) is 0 Å². The molecular weight excluding hydrogens is 261 g/mol. The smallest absolute Gasteiger partial charge is 0.220 e. The summed E-state index contributed by atoms with van der Waals surface area (Å²) in [6.07, 6.45) is 0.296. The van der Waals surface area contributed by atoms with Gasteiger partial charge in [0.25, 0.3) is 0 Å². The molecule has 5 heteroatoms. The molecule has 1 amide bonds. The van der Waals surface area contributed by atoms with Crippen molar-refractivity contribution in [2.24, 2.45) is 5.92 Å². The second-order valence-corrected chi connectivity index (χ2v) is 5.06. The fourth-order valence-corrected chi connectivity index (χ4v) is 2.01. The van der Waals surface area contributed by atoms with E-state index in [0.29, 0.717) is 12.8 Å². The van der Waals surface area contributed by atoms with Gasteiger partial charge in [-0.3, -0.25) is 4.79 Å². The van der Waals surface area contributed by atoms with E-state index in [4.69, 9.17) is 4.74 Å². The SMILES string of the molecule is COCC(O)CNC(=O)CC(C)Cc1cccc(F)c1. The van der Waals surface area contributed by atoms with E-state index in [-0.39, 0.29) is 30.8 Å². The predicted molar refractivity (Wildman–Crippen MR) is 74.8 cm³/mol. The van der Waals surface area contributed by atoms with E-state index >= 15 is 0 Å². The molecule has 1 aromatic rings. The minimum atomic E-state index is -0.692. The Labute approximate surface area is 119 Å². The van der Waals surface area contributed by atoms with E-state index in [9.17, 15) is 14.3 Å². The first-order valence-corrected chi connectivity index (χ1v) is 6.69. The number of ether oxygens (including phenoxy) is 1. The van der Waals surface area contributed by atoms with E-state index in [1.165, 1.54) is 19.2 Å². The summed E-state index contributed by atoms with van der Waals surface area (Å²) in [4.78, 5) is 11.7. The number of benzene rings is 1. The average Bonchev–Trinajstić information content (AvgIpc) is 2.36. The molecule has 0 saturated carbocycles. The van der Waals surface area contributed by atoms with E-state index in [0.717, 1.165) is 5.56 Å². The van der Waals surface area contributed by atoms with Crippen molar-refractivity contribution >= 4 is 5.91 Å². The van der Waals surface area contributed by atoms with Crippen molar-refractivity contribution < 1.29 is 19.0 Å². The van der Waals surface area contributed by atoms with Crippen LogP contribution >= 0.6 is 0 Å². The molecule has 0 spiro atoms. The number of carbonyl (C=O) groups is 1. The molecule has 0 aliphatic rings. The minimum Gasteiger partial charge on any atom is -0.389 e. The molecule has 0 heterocycles. The molecule has 0 aliphatic carbocycles. The van der Waals surface area contributed by atoms with Crippen LogP contribution in [0.1, 0.15) is 18.9 Å². The van der Waals surface area contributed by atoms with E-state index < -0.39 is 6.10 Å². The summed E-state index contributed by atoms with van der Waals surface area (Å²) in [5.41, 5.74) is 0.879. The molecule has 0 bridgehead atoms. The van der Waals surface area contributed by atoms with Crippen LogP contribution in [0.3, 0.4) is 0 Å². The van der Waals surface area contributed by atoms with Gasteiger partial charge in [-0.05, 0) is 30.0 Å². The second kappa shape index (κ2) is 8.66. The summed E-state index contributed by atoms with van der Waals surface area (Å²) in [6.45, 7) is 2.31. The molecule has 4 nitrogen and oxygen atoms in total. The molecule has 112 valence electrons. The highest BCUT2D eigenvalue weighted by Gasteiger charge is 2.12. The van der Waals surface area contributed by atoms with Crippen molar-refractivity contribution in [1.82, 2.24) is 5.32 Å². The molecular formula is C15H22FNO3. The average molecular weight is 283 g/mol. The third kappa shape index (κ3) is 6.63. The number of methoxy groups -OCH3 is 1. The summed E-state index contributed by atoms with van der Waals surface area (Å²) in [5, 5.41) is 12.1. The van der Waals surface area contributed by atoms with Gasteiger partial charge in [0.1, 0.15) is 5.82 Å². The van der Waals surface area contributed by atoms with Gasteiger partial charge in [0.2, 0.25) is 5.91 Å². The van der Waals surface area contributed by atoms with Crippen molar-refractivity contribution in [3.05, 3.63) is 35.6 Å². The maximum Gasteiger partial charge on any atom is 0.220 e. The lowest BCUT2D eigenvalue weighted by Crippen LogP contribution is -2.35. The number of rotatable bonds is 8. The van der Waals surface area contributed by atoms with Gasteiger partial charge in [0.05, 0.1) is 12.7 Å². The Balaban J connectivity index is 2.31. The largest absolute Gasteiger partial charge is 0.389 e. The highest BCUT2D eigenvalue weighted by Crippen LogP contribution is 2.12. The van der Waals surface area contributed by atoms with Gasteiger partial charge < -0.3 is 15.2 Å². The number of aliphatic hydroxyl groups is 1. The summed E-state index contributed by atoms with van der Waals surface area (Å²) >= 11 is 0. The number of amides is 1. The number of carbonyl (C=O) groups excluding carboxylic acids is 1. The Morgan fingerprint density at radius 2 is 2.25 bits per heavy atom. The van der Waals surface area contributed by atoms with Crippen molar-refractivity contribution in [2.45, 2.75) is 25.9 Å². The first kappa shape index (κ1) is 16.6. The Kier molecular flexibility index (Phi) is 7.18. The summed E-state index contributed by atoms with van der Waals surface area (Å²) < 4.78 is 17.8. The van der Waals surface area contributed by atoms with Crippen molar-refractivity contribution in [2.75, 3.05) is 20.3 Å². The Morgan fingerprint density at radius 3 is 2.90 bits per heavy atom. The van der Waals surface area contributed by atoms with Crippen LogP contribution in [0, 0.1) is 11.7 Å². The lowest BCUT2D eigenvalue weighted by Gasteiger charge is -2.14. The van der Waals surface area contributed by atoms with E-state index in [1.54, 1.807) is 6.07 Å². The first-order valence-electron chi connectivity index (χ1n) is 6.69. The molecule has 1 aromatic carbocycles. The normalized spacial score (nSPS) is 13.8. The zero-order valence-electron chi connectivity index (χ0n) is 11.9. The summed E-state index contributed by atoms with van der Waals surface area (Å²) in [5.74, 6) is -0.276. The quantitative estimate of drug-likeness (QED) is 0.760. The van der Waals surface area contributed by atoms with Crippen LogP contribution in [-0.2, 0) is 16.0 Å². The highest BCUT2D eigenvalue weighted by molar-refractivity contribution is 5.76. The molecule has 0 aromatic heterocycles. The minimum absolute atomic E-state index is 0.108. The second-order valence-electron chi connectivity index (χ2n) is 5.06. The Bertz CT molecular complexity index is 425. The third-order valence-corrected chi connectivity index (χ3v) is 2.90. The molecule has 2 N–H and O–H groups in total. The number of nitrogens with one attached hydrogen (secondary N) is 1. The van der Waals surface area contributed by atoms with E-state index in [1.807, 2.05) is 13.0 Å². The molecule has 0 saturated heterocycles. The van der Waals surface area contributed by atoms with Crippen molar-refractivity contribution in [3.8, 4) is 0 Å². The van der Waals surface area contributed by atoms with Gasteiger partial charge >= 0.3 is 0 Å². The molecule has 0 aliphatic heterocycles. The lowest BCUT2D eigenvalue weighted by atomic mass is 9.98. The van der Waals surface area contributed by atoms with Crippen LogP contribution in [0.15, 0.2) is 24.3 Å². The van der Waals surface area contributed by atoms with Gasteiger partial charge in [-0.15, -0.1) is 0 Å². The fourth-order valence-electron chi connectivity index (χ4n) is 2.01. The predicted octanol–water partition coefficient (Wildman–Crippen LogP) is 1.52. The molecule has 1 rings (SSSR count). The van der Waals surface area contributed by atoms with E-state index in [2.05, 4.69) is 5.32 Å². The molecule has 2 atom stereocenters. The summed E-state index contributed by atoms with van der Waals surface area (Å²) in [7, 11) is 1.49. The number of aliphatic hydroxyl groups excluding tert-OH is 1. The maximum atomic E-state index is 13.0. The van der Waals surface area contributed by atoms with Gasteiger partial charge in [0, 0.05) is 20.1 Å². The Hall–Kier alpha value is -1.46. The standard InChI is InChI=1S/C15H22FNO3/c1-11(6-12-4-3-5-13(16)8-12)7-15(19)17-9-14(18)10-20-2/h3-5,8,11,14,18H,6-7,9-10H2,1-2H3,(H,17,19). The van der Waals surface area contributed by atoms with Gasteiger partial charge in [-0.25, -0.2) is 4.39 Å². The van der Waals surface area contributed by atoms with Crippen LogP contribution in [0.5, 0.6) is 0 Å². The molecule has 0 fully saturated rings. The summed E-state index contributed by atoms with van der Waals surface area (Å²) in [6, 6.07) is 6.40. The highest BCUT2D eigenvalue weighted by atomic mass is 19.1. The topological polar surface area (TPSA) is 58.6 Å². The Morgan fingerprint density at radius 1 is 1.50 bits per heavy atom. The van der Waals surface area contributed by atoms with Crippen molar-refractivity contribution in [1.29, 1.82) is 0 Å². The van der Waals surface area contributed by atoms with Gasteiger partial charge in [0.15, 0.2) is 0 Å². The number of hydrogen-bond acceptors (Lipinski definition) is 3. The van der Waals surface area contributed by atoms with Crippen molar-refractivity contribution in [3.63, 3.8) is 0 Å². The monoisotopic (exact) mass is 283 g/mol. The zero-order chi connectivity index (χ0) is 15.0. The lowest BCUT2D eigenvalue weighted by molar-refractivity contribution is -0.122. The fraction of sp³-hybridized carbons (Fsp3) is 0.533. The third-order valence-electron chi connectivity index (χ3n) is 2.90. The van der Waals surface area contributed by atoms with Crippen LogP contribution in [-0.4, -0.2) is 37.4 Å². The van der Waals surface area contributed by atoms with Gasteiger partial charge in [-0.2, -0.15) is 0 Å². The molecule has 2 unspecified atom stereocenters. The van der Waals surface area contributed by atoms with Crippen LogP contribution in [0.4, 0.5) is 4.39 Å².